The number of carbonyl (C=O) groups is 2. The maximum absolute atomic E-state index is 11.8. The van der Waals surface area contributed by atoms with Gasteiger partial charge in [-0.1, -0.05) is 17.7 Å². The van der Waals surface area contributed by atoms with Crippen LogP contribution in [0.1, 0.15) is 15.2 Å². The zero-order valence-electron chi connectivity index (χ0n) is 11.8. The van der Waals surface area contributed by atoms with E-state index in [4.69, 9.17) is 25.8 Å². The van der Waals surface area contributed by atoms with Crippen LogP contribution in [0.3, 0.4) is 0 Å². The molecule has 1 aliphatic heterocycles. The Hall–Kier alpha value is -2.31. The summed E-state index contributed by atoms with van der Waals surface area (Å²) < 4.78 is 15.9. The topological polar surface area (TPSA) is 61.8 Å². The minimum atomic E-state index is -0.598. The lowest BCUT2D eigenvalue weighted by atomic mass is 10.2. The SMILES string of the molecule is O=C(/C=C/c1ccc2c(c1)OCO2)OCC(=O)c1ccc(Cl)s1. The fourth-order valence-electron chi connectivity index (χ4n) is 1.90. The van der Waals surface area contributed by atoms with Crippen LogP contribution >= 0.6 is 22.9 Å². The fourth-order valence-corrected chi connectivity index (χ4v) is 2.87. The maximum Gasteiger partial charge on any atom is 0.331 e. The molecular formula is C16H11ClO5S. The number of benzene rings is 1. The van der Waals surface area contributed by atoms with Gasteiger partial charge in [0.25, 0.3) is 0 Å². The molecule has 0 unspecified atom stereocenters. The second-order valence-corrected chi connectivity index (χ2v) is 6.30. The van der Waals surface area contributed by atoms with E-state index in [9.17, 15) is 9.59 Å². The number of hydrogen-bond acceptors (Lipinski definition) is 6. The average molecular weight is 351 g/mol. The first-order chi connectivity index (χ1) is 11.1. The highest BCUT2D eigenvalue weighted by Gasteiger charge is 2.13. The Bertz CT molecular complexity index is 781. The highest BCUT2D eigenvalue weighted by molar-refractivity contribution is 7.18. The molecule has 23 heavy (non-hydrogen) atoms. The summed E-state index contributed by atoms with van der Waals surface area (Å²) in [4.78, 5) is 23.9. The third-order valence-corrected chi connectivity index (χ3v) is 4.27. The monoisotopic (exact) mass is 350 g/mol. The van der Waals surface area contributed by atoms with E-state index in [1.807, 2.05) is 0 Å². The van der Waals surface area contributed by atoms with Gasteiger partial charge in [0.05, 0.1) is 9.21 Å². The van der Waals surface area contributed by atoms with Crippen molar-refractivity contribution < 1.29 is 23.8 Å². The molecule has 0 bridgehead atoms. The minimum absolute atomic E-state index is 0.194. The number of hydrogen-bond donors (Lipinski definition) is 0. The molecule has 0 fully saturated rings. The van der Waals surface area contributed by atoms with Gasteiger partial charge in [0, 0.05) is 6.08 Å². The van der Waals surface area contributed by atoms with E-state index in [2.05, 4.69) is 0 Å². The lowest BCUT2D eigenvalue weighted by Gasteiger charge is -2.00. The zero-order valence-corrected chi connectivity index (χ0v) is 13.4. The molecule has 0 atom stereocenters. The van der Waals surface area contributed by atoms with Crippen LogP contribution in [0, 0.1) is 0 Å². The predicted octanol–water partition coefficient (Wildman–Crippen LogP) is 3.57. The van der Waals surface area contributed by atoms with Crippen LogP contribution in [-0.4, -0.2) is 25.2 Å². The Morgan fingerprint density at radius 1 is 1.22 bits per heavy atom. The first kappa shape index (κ1) is 15.6. The van der Waals surface area contributed by atoms with E-state index in [1.165, 1.54) is 6.08 Å². The van der Waals surface area contributed by atoms with Crippen molar-refractivity contribution >= 4 is 40.8 Å². The Morgan fingerprint density at radius 2 is 2.04 bits per heavy atom. The second kappa shape index (κ2) is 6.85. The van der Waals surface area contributed by atoms with Crippen LogP contribution in [0.25, 0.3) is 6.08 Å². The van der Waals surface area contributed by atoms with Crippen LogP contribution in [0.2, 0.25) is 4.34 Å². The van der Waals surface area contributed by atoms with E-state index >= 15 is 0 Å². The average Bonchev–Trinajstić information content (AvgIpc) is 3.18. The molecule has 0 aliphatic carbocycles. The van der Waals surface area contributed by atoms with E-state index in [0.29, 0.717) is 20.7 Å². The molecule has 0 saturated heterocycles. The Kier molecular flexibility index (Phi) is 4.64. The van der Waals surface area contributed by atoms with Crippen molar-refractivity contribution in [1.82, 2.24) is 0 Å². The van der Waals surface area contributed by atoms with E-state index in [0.717, 1.165) is 16.9 Å². The van der Waals surface area contributed by atoms with Crippen molar-refractivity contribution in [2.75, 3.05) is 13.4 Å². The van der Waals surface area contributed by atoms with Crippen molar-refractivity contribution in [2.45, 2.75) is 0 Å². The first-order valence-electron chi connectivity index (χ1n) is 6.65. The molecule has 118 valence electrons. The molecule has 7 heteroatoms. The van der Waals surface area contributed by atoms with Gasteiger partial charge in [-0.05, 0) is 35.9 Å². The Balaban J connectivity index is 1.54. The number of thiophene rings is 1. The molecule has 0 N–H and O–H groups in total. The van der Waals surface area contributed by atoms with Gasteiger partial charge < -0.3 is 14.2 Å². The molecule has 1 aliphatic rings. The third-order valence-electron chi connectivity index (χ3n) is 3.00. The van der Waals surface area contributed by atoms with Gasteiger partial charge in [-0.15, -0.1) is 11.3 Å². The number of esters is 1. The summed E-state index contributed by atoms with van der Waals surface area (Å²) in [6.45, 7) is -0.124. The standard InChI is InChI=1S/C16H11ClO5S/c17-15-5-4-14(23-15)11(18)8-20-16(19)6-2-10-1-3-12-13(7-10)22-9-21-12/h1-7H,8-9H2/b6-2+. The number of halogens is 1. The number of rotatable bonds is 5. The summed E-state index contributed by atoms with van der Waals surface area (Å²) in [5.41, 5.74) is 0.766. The van der Waals surface area contributed by atoms with Crippen LogP contribution in [0.4, 0.5) is 0 Å². The summed E-state index contributed by atoms with van der Waals surface area (Å²) >= 11 is 6.90. The summed E-state index contributed by atoms with van der Waals surface area (Å²) in [5.74, 6) is 0.417. The molecule has 0 saturated carbocycles. The third kappa shape index (κ3) is 3.91. The minimum Gasteiger partial charge on any atom is -0.454 e. The molecule has 2 heterocycles. The van der Waals surface area contributed by atoms with Crippen molar-refractivity contribution in [3.63, 3.8) is 0 Å². The number of Topliss-reactive ketones (excluding diaryl/α,β-unsaturated/α-hetero) is 1. The quantitative estimate of drug-likeness (QED) is 0.468. The second-order valence-electron chi connectivity index (χ2n) is 4.58. The van der Waals surface area contributed by atoms with Crippen LogP contribution < -0.4 is 9.47 Å². The normalized spacial score (nSPS) is 12.6. The molecule has 0 spiro atoms. The number of ether oxygens (including phenoxy) is 3. The van der Waals surface area contributed by atoms with Crippen molar-refractivity contribution in [3.05, 3.63) is 51.2 Å². The van der Waals surface area contributed by atoms with Crippen LogP contribution in [0.15, 0.2) is 36.4 Å². The predicted molar refractivity (Wildman–Crippen MR) is 86.2 cm³/mol. The van der Waals surface area contributed by atoms with Gasteiger partial charge >= 0.3 is 5.97 Å². The highest BCUT2D eigenvalue weighted by atomic mass is 35.5. The summed E-state index contributed by atoms with van der Waals surface area (Å²) in [5, 5.41) is 0. The van der Waals surface area contributed by atoms with Gasteiger partial charge in [-0.25, -0.2) is 4.79 Å². The van der Waals surface area contributed by atoms with Crippen LogP contribution in [-0.2, 0) is 9.53 Å². The molecule has 0 radical (unpaired) electrons. The van der Waals surface area contributed by atoms with Gasteiger partial charge in [0.2, 0.25) is 12.6 Å². The lowest BCUT2D eigenvalue weighted by molar-refractivity contribution is -0.136. The lowest BCUT2D eigenvalue weighted by Crippen LogP contribution is -2.11. The maximum atomic E-state index is 11.8. The Morgan fingerprint density at radius 3 is 2.83 bits per heavy atom. The molecule has 1 aromatic carbocycles. The molecule has 0 amide bonds. The van der Waals surface area contributed by atoms with Gasteiger partial charge in [0.15, 0.2) is 18.1 Å². The smallest absolute Gasteiger partial charge is 0.331 e. The molecule has 1 aromatic heterocycles. The van der Waals surface area contributed by atoms with Gasteiger partial charge in [-0.2, -0.15) is 0 Å². The fraction of sp³-hybridized carbons (Fsp3) is 0.125. The molecule has 2 aromatic rings. The first-order valence-corrected chi connectivity index (χ1v) is 7.84. The Labute approximate surface area is 141 Å². The largest absolute Gasteiger partial charge is 0.454 e. The van der Waals surface area contributed by atoms with Gasteiger partial charge in [0.1, 0.15) is 0 Å². The van der Waals surface area contributed by atoms with Crippen LogP contribution in [0.5, 0.6) is 11.5 Å². The molecule has 5 nitrogen and oxygen atoms in total. The van der Waals surface area contributed by atoms with E-state index in [-0.39, 0.29) is 19.2 Å². The van der Waals surface area contributed by atoms with Crippen molar-refractivity contribution in [3.8, 4) is 11.5 Å². The molecule has 3 rings (SSSR count). The summed E-state index contributed by atoms with van der Waals surface area (Å²) in [7, 11) is 0. The number of carbonyl (C=O) groups excluding carboxylic acids is 2. The number of ketones is 1. The van der Waals surface area contributed by atoms with Crippen molar-refractivity contribution in [2.24, 2.45) is 0 Å². The number of fused-ring (bicyclic) bond motifs is 1. The zero-order chi connectivity index (χ0) is 16.2. The highest BCUT2D eigenvalue weighted by Crippen LogP contribution is 2.32. The van der Waals surface area contributed by atoms with E-state index < -0.39 is 5.97 Å². The molecular weight excluding hydrogens is 340 g/mol. The summed E-state index contributed by atoms with van der Waals surface area (Å²) in [6, 6.07) is 8.53. The van der Waals surface area contributed by atoms with Gasteiger partial charge in [-0.3, -0.25) is 4.79 Å². The van der Waals surface area contributed by atoms with E-state index in [1.54, 1.807) is 36.4 Å². The summed E-state index contributed by atoms with van der Waals surface area (Å²) in [6.07, 6.45) is 2.84. The van der Waals surface area contributed by atoms with Crippen molar-refractivity contribution in [1.29, 1.82) is 0 Å².